The molecule has 2 aromatic rings. The van der Waals surface area contributed by atoms with Crippen molar-refractivity contribution < 1.29 is 18.3 Å². The maximum atomic E-state index is 12.3. The number of phenols is 1. The molecule has 0 aliphatic carbocycles. The fourth-order valence-corrected chi connectivity index (χ4v) is 3.02. The number of rotatable bonds is 4. The van der Waals surface area contributed by atoms with Crippen molar-refractivity contribution in [2.45, 2.75) is 11.8 Å². The van der Waals surface area contributed by atoms with Crippen LogP contribution in [0.5, 0.6) is 11.5 Å². The van der Waals surface area contributed by atoms with Crippen molar-refractivity contribution in [3.05, 3.63) is 48.0 Å². The van der Waals surface area contributed by atoms with Crippen molar-refractivity contribution in [2.75, 3.05) is 11.8 Å². The average molecular weight is 293 g/mol. The number of nitrogens with one attached hydrogen (secondary N) is 1. The van der Waals surface area contributed by atoms with Crippen LogP contribution in [0.25, 0.3) is 0 Å². The minimum atomic E-state index is -3.88. The largest absolute Gasteiger partial charge is 0.506 e. The van der Waals surface area contributed by atoms with E-state index in [1.807, 2.05) is 0 Å². The molecule has 0 aliphatic heterocycles. The number of aromatic hydroxyl groups is 1. The first-order valence-corrected chi connectivity index (χ1v) is 7.38. The quantitative estimate of drug-likeness (QED) is 0.908. The molecule has 0 aromatic heterocycles. The Morgan fingerprint density at radius 3 is 2.50 bits per heavy atom. The molecule has 0 radical (unpaired) electrons. The van der Waals surface area contributed by atoms with Crippen LogP contribution in [0.15, 0.2) is 47.4 Å². The van der Waals surface area contributed by atoms with Gasteiger partial charge in [0.2, 0.25) is 0 Å². The Kier molecular flexibility index (Phi) is 3.85. The molecular weight excluding hydrogens is 278 g/mol. The van der Waals surface area contributed by atoms with Crippen molar-refractivity contribution in [1.82, 2.24) is 0 Å². The second kappa shape index (κ2) is 5.42. The molecule has 0 atom stereocenters. The number of anilines is 1. The SMILES string of the molecule is COc1ccccc1NS(=O)(=O)c1cccc(C)c1O. The standard InChI is InChI=1S/C14H15NO4S/c1-10-6-5-9-13(14(10)16)20(17,18)15-11-7-3-4-8-12(11)19-2/h3-9,15-16H,1-2H3. The second-order valence-electron chi connectivity index (χ2n) is 4.23. The molecule has 5 nitrogen and oxygen atoms in total. The minimum absolute atomic E-state index is 0.164. The van der Waals surface area contributed by atoms with E-state index in [0.717, 1.165) is 0 Å². The smallest absolute Gasteiger partial charge is 0.265 e. The van der Waals surface area contributed by atoms with E-state index in [1.165, 1.54) is 13.2 Å². The Balaban J connectivity index is 2.44. The number of ether oxygens (including phenoxy) is 1. The van der Waals surface area contributed by atoms with Gasteiger partial charge in [-0.15, -0.1) is 0 Å². The van der Waals surface area contributed by atoms with Crippen LogP contribution in [0.3, 0.4) is 0 Å². The summed E-state index contributed by atoms with van der Waals surface area (Å²) >= 11 is 0. The number of phenolic OH excluding ortho intramolecular Hbond substituents is 1. The molecule has 0 amide bonds. The molecule has 0 saturated carbocycles. The molecule has 0 bridgehead atoms. The number of methoxy groups -OCH3 is 1. The van der Waals surface area contributed by atoms with Crippen LogP contribution in [-0.4, -0.2) is 20.6 Å². The van der Waals surface area contributed by atoms with Crippen molar-refractivity contribution in [1.29, 1.82) is 0 Å². The van der Waals surface area contributed by atoms with Gasteiger partial charge in [0.15, 0.2) is 0 Å². The number of sulfonamides is 1. The highest BCUT2D eigenvalue weighted by atomic mass is 32.2. The molecule has 2 N–H and O–H groups in total. The molecule has 20 heavy (non-hydrogen) atoms. The summed E-state index contributed by atoms with van der Waals surface area (Å²) < 4.78 is 32.1. The molecule has 0 spiro atoms. The highest BCUT2D eigenvalue weighted by Crippen LogP contribution is 2.30. The van der Waals surface area contributed by atoms with Crippen molar-refractivity contribution >= 4 is 15.7 Å². The van der Waals surface area contributed by atoms with Crippen LogP contribution in [0.1, 0.15) is 5.56 Å². The Morgan fingerprint density at radius 1 is 1.10 bits per heavy atom. The molecule has 2 aromatic carbocycles. The monoisotopic (exact) mass is 293 g/mol. The van der Waals surface area contributed by atoms with Gasteiger partial charge >= 0.3 is 0 Å². The fourth-order valence-electron chi connectivity index (χ4n) is 1.78. The third-order valence-corrected chi connectivity index (χ3v) is 4.24. The van der Waals surface area contributed by atoms with Crippen molar-refractivity contribution in [3.63, 3.8) is 0 Å². The lowest BCUT2D eigenvalue weighted by molar-refractivity contribution is 0.417. The summed E-state index contributed by atoms with van der Waals surface area (Å²) in [5.41, 5.74) is 0.809. The van der Waals surface area contributed by atoms with Gasteiger partial charge in [-0.2, -0.15) is 0 Å². The van der Waals surface area contributed by atoms with Gasteiger partial charge in [0.05, 0.1) is 12.8 Å². The van der Waals surface area contributed by atoms with Crippen LogP contribution >= 0.6 is 0 Å². The summed E-state index contributed by atoms with van der Waals surface area (Å²) in [6.45, 7) is 1.64. The van der Waals surface area contributed by atoms with Crippen LogP contribution in [0.2, 0.25) is 0 Å². The van der Waals surface area contributed by atoms with Crippen LogP contribution < -0.4 is 9.46 Å². The molecular formula is C14H15NO4S. The third kappa shape index (κ3) is 2.70. The summed E-state index contributed by atoms with van der Waals surface area (Å²) in [4.78, 5) is -0.164. The Hall–Kier alpha value is -2.21. The van der Waals surface area contributed by atoms with Gasteiger partial charge in [-0.1, -0.05) is 24.3 Å². The summed E-state index contributed by atoms with van der Waals surface area (Å²) in [6.07, 6.45) is 0. The molecule has 2 rings (SSSR count). The van der Waals surface area contributed by atoms with E-state index in [2.05, 4.69) is 4.72 Å². The van der Waals surface area contributed by atoms with E-state index in [0.29, 0.717) is 17.0 Å². The number of aryl methyl sites for hydroxylation is 1. The van der Waals surface area contributed by atoms with Gasteiger partial charge in [0, 0.05) is 0 Å². The Morgan fingerprint density at radius 2 is 1.80 bits per heavy atom. The van der Waals surface area contributed by atoms with Gasteiger partial charge in [0.25, 0.3) is 10.0 Å². The number of para-hydroxylation sites is 3. The van der Waals surface area contributed by atoms with Crippen LogP contribution in [-0.2, 0) is 10.0 Å². The van der Waals surface area contributed by atoms with Crippen LogP contribution in [0.4, 0.5) is 5.69 Å². The normalized spacial score (nSPS) is 11.1. The van der Waals surface area contributed by atoms with E-state index >= 15 is 0 Å². The topological polar surface area (TPSA) is 75.6 Å². The highest BCUT2D eigenvalue weighted by molar-refractivity contribution is 7.92. The van der Waals surface area contributed by atoms with Crippen molar-refractivity contribution in [2.24, 2.45) is 0 Å². The van der Waals surface area contributed by atoms with Gasteiger partial charge in [-0.3, -0.25) is 4.72 Å². The van der Waals surface area contributed by atoms with Crippen LogP contribution in [0, 0.1) is 6.92 Å². The molecule has 0 fully saturated rings. The van der Waals surface area contributed by atoms with Gasteiger partial charge in [-0.25, -0.2) is 8.42 Å². The van der Waals surface area contributed by atoms with Crippen molar-refractivity contribution in [3.8, 4) is 11.5 Å². The number of hydrogen-bond donors (Lipinski definition) is 2. The first-order chi connectivity index (χ1) is 9.45. The minimum Gasteiger partial charge on any atom is -0.506 e. The summed E-state index contributed by atoms with van der Waals surface area (Å²) in [6, 6.07) is 11.2. The molecule has 106 valence electrons. The molecule has 0 unspecified atom stereocenters. The van der Waals surface area contributed by atoms with E-state index in [-0.39, 0.29) is 10.6 Å². The van der Waals surface area contributed by atoms with Gasteiger partial charge in [0.1, 0.15) is 16.4 Å². The Labute approximate surface area is 117 Å². The van der Waals surface area contributed by atoms with E-state index < -0.39 is 10.0 Å². The lowest BCUT2D eigenvalue weighted by Gasteiger charge is -2.13. The molecule has 0 aliphatic rings. The predicted octanol–water partition coefficient (Wildman–Crippen LogP) is 2.51. The highest BCUT2D eigenvalue weighted by Gasteiger charge is 2.20. The maximum absolute atomic E-state index is 12.3. The third-order valence-electron chi connectivity index (χ3n) is 2.84. The van der Waals surface area contributed by atoms with E-state index in [1.54, 1.807) is 43.3 Å². The Bertz CT molecular complexity index is 726. The fraction of sp³-hybridized carbons (Fsp3) is 0.143. The maximum Gasteiger partial charge on any atom is 0.265 e. The lowest BCUT2D eigenvalue weighted by Crippen LogP contribution is -2.14. The summed E-state index contributed by atoms with van der Waals surface area (Å²) in [7, 11) is -2.42. The molecule has 0 heterocycles. The zero-order valence-corrected chi connectivity index (χ0v) is 11.9. The van der Waals surface area contributed by atoms with Gasteiger partial charge in [-0.05, 0) is 30.7 Å². The first-order valence-electron chi connectivity index (χ1n) is 5.90. The molecule has 6 heteroatoms. The predicted molar refractivity (Wildman–Crippen MR) is 76.6 cm³/mol. The zero-order chi connectivity index (χ0) is 14.8. The number of benzene rings is 2. The summed E-state index contributed by atoms with van der Waals surface area (Å²) in [5, 5.41) is 9.89. The first kappa shape index (κ1) is 14.2. The summed E-state index contributed by atoms with van der Waals surface area (Å²) in [5.74, 6) is 0.151. The van der Waals surface area contributed by atoms with Gasteiger partial charge < -0.3 is 9.84 Å². The van der Waals surface area contributed by atoms with E-state index in [4.69, 9.17) is 4.74 Å². The van der Waals surface area contributed by atoms with E-state index in [9.17, 15) is 13.5 Å². The molecule has 0 saturated heterocycles. The number of hydrogen-bond acceptors (Lipinski definition) is 4. The zero-order valence-electron chi connectivity index (χ0n) is 11.1. The lowest BCUT2D eigenvalue weighted by atomic mass is 10.2. The second-order valence-corrected chi connectivity index (χ2v) is 5.88. The average Bonchev–Trinajstić information content (AvgIpc) is 2.42.